The first-order chi connectivity index (χ1) is 7.34. The van der Waals surface area contributed by atoms with E-state index in [-0.39, 0.29) is 0 Å². The molecule has 78 valence electrons. The van der Waals surface area contributed by atoms with Crippen LogP contribution in [0.2, 0.25) is 0 Å². The monoisotopic (exact) mass is 203 g/mol. The number of anilines is 1. The molecule has 0 unspecified atom stereocenters. The lowest BCUT2D eigenvalue weighted by atomic mass is 10.1. The average molecular weight is 203 g/mol. The molecule has 1 aliphatic carbocycles. The van der Waals surface area contributed by atoms with Crippen molar-refractivity contribution in [2.24, 2.45) is 0 Å². The first-order valence-electron chi connectivity index (χ1n) is 5.37. The van der Waals surface area contributed by atoms with Gasteiger partial charge < -0.3 is 10.2 Å². The molecule has 2 heterocycles. The highest BCUT2D eigenvalue weighted by molar-refractivity contribution is 5.78. The van der Waals surface area contributed by atoms with Crippen molar-refractivity contribution < 1.29 is 4.42 Å². The Kier molecular flexibility index (Phi) is 1.87. The van der Waals surface area contributed by atoms with Gasteiger partial charge >= 0.3 is 0 Å². The fourth-order valence-corrected chi connectivity index (χ4v) is 2.23. The van der Waals surface area contributed by atoms with Crippen molar-refractivity contribution >= 4 is 17.0 Å². The summed E-state index contributed by atoms with van der Waals surface area (Å²) in [4.78, 5) is 8.21. The van der Waals surface area contributed by atoms with E-state index in [2.05, 4.69) is 9.97 Å². The molecule has 2 N–H and O–H groups in total. The second-order valence-corrected chi connectivity index (χ2v) is 4.01. The van der Waals surface area contributed by atoms with E-state index in [0.29, 0.717) is 5.95 Å². The van der Waals surface area contributed by atoms with Crippen molar-refractivity contribution in [1.29, 1.82) is 0 Å². The molecular formula is C11H13N3O. The summed E-state index contributed by atoms with van der Waals surface area (Å²) < 4.78 is 5.74. The van der Waals surface area contributed by atoms with Crippen LogP contribution in [-0.2, 0) is 12.8 Å². The molecule has 4 nitrogen and oxygen atoms in total. The molecule has 0 spiro atoms. The van der Waals surface area contributed by atoms with Crippen molar-refractivity contribution in [3.8, 4) is 0 Å². The Morgan fingerprint density at radius 1 is 1.20 bits per heavy atom. The second-order valence-electron chi connectivity index (χ2n) is 4.01. The Morgan fingerprint density at radius 3 is 3.00 bits per heavy atom. The van der Waals surface area contributed by atoms with Crippen LogP contribution >= 0.6 is 0 Å². The SMILES string of the molecule is Nc1ncc2oc3c(c2n1)CCCCC3. The molecule has 0 aliphatic heterocycles. The van der Waals surface area contributed by atoms with Gasteiger partial charge in [0, 0.05) is 12.0 Å². The molecule has 0 bridgehead atoms. The van der Waals surface area contributed by atoms with Gasteiger partial charge in [-0.25, -0.2) is 9.97 Å². The van der Waals surface area contributed by atoms with Gasteiger partial charge in [0.25, 0.3) is 0 Å². The number of aryl methyl sites for hydroxylation is 2. The van der Waals surface area contributed by atoms with E-state index in [9.17, 15) is 0 Å². The highest BCUT2D eigenvalue weighted by atomic mass is 16.3. The van der Waals surface area contributed by atoms with Gasteiger partial charge in [0.15, 0.2) is 5.58 Å². The molecule has 0 saturated carbocycles. The maximum absolute atomic E-state index is 5.74. The van der Waals surface area contributed by atoms with Crippen LogP contribution in [0, 0.1) is 0 Å². The Morgan fingerprint density at radius 2 is 2.07 bits per heavy atom. The third-order valence-electron chi connectivity index (χ3n) is 2.96. The lowest BCUT2D eigenvalue weighted by Gasteiger charge is -1.95. The molecule has 0 atom stereocenters. The summed E-state index contributed by atoms with van der Waals surface area (Å²) >= 11 is 0. The number of nitrogens with two attached hydrogens (primary N) is 1. The number of furan rings is 1. The van der Waals surface area contributed by atoms with Crippen LogP contribution in [0.3, 0.4) is 0 Å². The number of fused-ring (bicyclic) bond motifs is 3. The number of hydrogen-bond donors (Lipinski definition) is 1. The maximum atomic E-state index is 5.74. The molecule has 3 rings (SSSR count). The van der Waals surface area contributed by atoms with Crippen molar-refractivity contribution in [3.63, 3.8) is 0 Å². The Balaban J connectivity index is 2.24. The van der Waals surface area contributed by atoms with Gasteiger partial charge in [0.05, 0.1) is 6.20 Å². The fourth-order valence-electron chi connectivity index (χ4n) is 2.23. The van der Waals surface area contributed by atoms with Gasteiger partial charge in [0.1, 0.15) is 11.3 Å². The van der Waals surface area contributed by atoms with E-state index < -0.39 is 0 Å². The highest BCUT2D eigenvalue weighted by Crippen LogP contribution is 2.29. The number of nitrogen functional groups attached to an aromatic ring is 1. The van der Waals surface area contributed by atoms with Crippen molar-refractivity contribution in [1.82, 2.24) is 9.97 Å². The van der Waals surface area contributed by atoms with E-state index in [1.807, 2.05) is 0 Å². The standard InChI is InChI=1S/C11H13N3O/c12-11-13-6-9-10(14-11)7-4-2-1-3-5-8(7)15-9/h6H,1-5H2,(H2,12,13,14). The minimum absolute atomic E-state index is 0.329. The Labute approximate surface area is 87.5 Å². The van der Waals surface area contributed by atoms with E-state index in [0.717, 1.165) is 29.7 Å². The average Bonchev–Trinajstić information content (AvgIpc) is 2.44. The molecule has 0 radical (unpaired) electrons. The topological polar surface area (TPSA) is 64.9 Å². The molecular weight excluding hydrogens is 190 g/mol. The third kappa shape index (κ3) is 1.37. The predicted molar refractivity (Wildman–Crippen MR) is 57.5 cm³/mol. The summed E-state index contributed by atoms with van der Waals surface area (Å²) in [6.07, 6.45) is 7.43. The van der Waals surface area contributed by atoms with Crippen molar-refractivity contribution in [3.05, 3.63) is 17.5 Å². The van der Waals surface area contributed by atoms with E-state index in [4.69, 9.17) is 10.2 Å². The molecule has 0 amide bonds. The number of rotatable bonds is 0. The normalized spacial score (nSPS) is 16.3. The van der Waals surface area contributed by atoms with Gasteiger partial charge in [0.2, 0.25) is 5.95 Å². The fraction of sp³-hybridized carbons (Fsp3) is 0.455. The largest absolute Gasteiger partial charge is 0.457 e. The minimum Gasteiger partial charge on any atom is -0.457 e. The van der Waals surface area contributed by atoms with Crippen molar-refractivity contribution in [2.45, 2.75) is 32.1 Å². The molecule has 0 aromatic carbocycles. The zero-order valence-electron chi connectivity index (χ0n) is 8.49. The number of nitrogens with zero attached hydrogens (tertiary/aromatic N) is 2. The molecule has 15 heavy (non-hydrogen) atoms. The zero-order chi connectivity index (χ0) is 10.3. The maximum Gasteiger partial charge on any atom is 0.220 e. The molecule has 2 aromatic heterocycles. The quantitative estimate of drug-likeness (QED) is 0.666. The summed E-state index contributed by atoms with van der Waals surface area (Å²) in [5, 5.41) is 0. The van der Waals surface area contributed by atoms with Gasteiger partial charge in [-0.05, 0) is 19.3 Å². The summed E-state index contributed by atoms with van der Waals surface area (Å²) in [5.41, 5.74) is 8.53. The zero-order valence-corrected chi connectivity index (χ0v) is 8.49. The summed E-state index contributed by atoms with van der Waals surface area (Å²) in [6, 6.07) is 0. The molecule has 1 aliphatic rings. The Bertz CT molecular complexity index is 504. The smallest absolute Gasteiger partial charge is 0.220 e. The molecule has 0 fully saturated rings. The second kappa shape index (κ2) is 3.22. The van der Waals surface area contributed by atoms with Crippen molar-refractivity contribution in [2.75, 3.05) is 5.73 Å². The van der Waals surface area contributed by atoms with Crippen LogP contribution in [0.15, 0.2) is 10.6 Å². The van der Waals surface area contributed by atoms with Crippen LogP contribution < -0.4 is 5.73 Å². The number of hydrogen-bond acceptors (Lipinski definition) is 4. The van der Waals surface area contributed by atoms with Gasteiger partial charge in [-0.15, -0.1) is 0 Å². The van der Waals surface area contributed by atoms with Gasteiger partial charge in [-0.3, -0.25) is 0 Å². The van der Waals surface area contributed by atoms with Crippen LogP contribution in [0.4, 0.5) is 5.95 Å². The van der Waals surface area contributed by atoms with Crippen LogP contribution in [-0.4, -0.2) is 9.97 Å². The predicted octanol–water partition coefficient (Wildman–Crippen LogP) is 2.07. The van der Waals surface area contributed by atoms with Crippen LogP contribution in [0.5, 0.6) is 0 Å². The first kappa shape index (κ1) is 8.71. The summed E-state index contributed by atoms with van der Waals surface area (Å²) in [5.74, 6) is 1.41. The molecule has 2 aromatic rings. The third-order valence-corrected chi connectivity index (χ3v) is 2.96. The molecule has 0 saturated heterocycles. The van der Waals surface area contributed by atoms with Gasteiger partial charge in [-0.1, -0.05) is 6.42 Å². The highest BCUT2D eigenvalue weighted by Gasteiger charge is 2.17. The minimum atomic E-state index is 0.329. The van der Waals surface area contributed by atoms with E-state index >= 15 is 0 Å². The lowest BCUT2D eigenvalue weighted by Crippen LogP contribution is -1.94. The van der Waals surface area contributed by atoms with Crippen LogP contribution in [0.1, 0.15) is 30.6 Å². The number of aromatic nitrogens is 2. The first-order valence-corrected chi connectivity index (χ1v) is 5.37. The molecule has 4 heteroatoms. The van der Waals surface area contributed by atoms with E-state index in [1.54, 1.807) is 6.20 Å². The summed E-state index contributed by atoms with van der Waals surface area (Å²) in [7, 11) is 0. The summed E-state index contributed by atoms with van der Waals surface area (Å²) in [6.45, 7) is 0. The van der Waals surface area contributed by atoms with Gasteiger partial charge in [-0.2, -0.15) is 0 Å². The Hall–Kier alpha value is -1.58. The van der Waals surface area contributed by atoms with Crippen LogP contribution in [0.25, 0.3) is 11.1 Å². The lowest BCUT2D eigenvalue weighted by molar-refractivity contribution is 0.537. The van der Waals surface area contributed by atoms with E-state index in [1.165, 1.54) is 24.8 Å².